The second kappa shape index (κ2) is 5.69. The summed E-state index contributed by atoms with van der Waals surface area (Å²) >= 11 is 0. The van der Waals surface area contributed by atoms with Gasteiger partial charge in [0.1, 0.15) is 5.75 Å². The summed E-state index contributed by atoms with van der Waals surface area (Å²) in [6.07, 6.45) is 0. The number of Topliss-reactive ketones (excluding diaryl/α,β-unsaturated/α-hetero) is 1. The normalized spacial score (nSPS) is 10.3. The summed E-state index contributed by atoms with van der Waals surface area (Å²) in [5.74, 6) is 0.601. The molecule has 0 aliphatic rings. The average Bonchev–Trinajstić information content (AvgIpc) is 2.42. The van der Waals surface area contributed by atoms with E-state index in [1.807, 2.05) is 6.92 Å². The number of nitrogens with zero attached hydrogens (tertiary/aromatic N) is 2. The summed E-state index contributed by atoms with van der Waals surface area (Å²) in [7, 11) is 1.55. The van der Waals surface area contributed by atoms with Crippen LogP contribution in [0.2, 0.25) is 0 Å². The average molecular weight is 272 g/mol. The molecule has 0 fully saturated rings. The maximum atomic E-state index is 11.8. The Balaban J connectivity index is 2.46. The van der Waals surface area contributed by atoms with Gasteiger partial charge in [0, 0.05) is 17.2 Å². The molecule has 0 radical (unpaired) electrons. The number of hydrogen-bond acceptors (Lipinski definition) is 4. The zero-order valence-corrected chi connectivity index (χ0v) is 11.7. The van der Waals surface area contributed by atoms with Crippen molar-refractivity contribution in [3.63, 3.8) is 0 Å². The molecule has 1 heterocycles. The molecular formula is C15H16N2O3. The number of carbonyl (C=O) groups is 1. The zero-order chi connectivity index (χ0) is 14.7. The largest absolute Gasteiger partial charge is 0.496 e. The van der Waals surface area contributed by atoms with Gasteiger partial charge in [-0.15, -0.1) is 0 Å². The zero-order valence-electron chi connectivity index (χ0n) is 11.7. The minimum atomic E-state index is -0.189. The van der Waals surface area contributed by atoms with Crippen molar-refractivity contribution in [2.75, 3.05) is 7.11 Å². The molecule has 0 N–H and O–H groups in total. The van der Waals surface area contributed by atoms with Crippen LogP contribution in [0.1, 0.15) is 28.5 Å². The molecule has 0 unspecified atom stereocenters. The van der Waals surface area contributed by atoms with Crippen LogP contribution < -0.4 is 10.3 Å². The SMILES string of the molecule is COc1ccc(C(C)=O)cc1Cn1nc(C)ccc1=O. The summed E-state index contributed by atoms with van der Waals surface area (Å²) in [6, 6.07) is 8.31. The molecule has 0 bridgehead atoms. The number of ketones is 1. The minimum Gasteiger partial charge on any atom is -0.496 e. The fraction of sp³-hybridized carbons (Fsp3) is 0.267. The first-order valence-corrected chi connectivity index (χ1v) is 6.24. The van der Waals surface area contributed by atoms with Gasteiger partial charge in [-0.3, -0.25) is 9.59 Å². The molecular weight excluding hydrogens is 256 g/mol. The maximum Gasteiger partial charge on any atom is 0.267 e. The van der Waals surface area contributed by atoms with Crippen LogP contribution in [0.3, 0.4) is 0 Å². The number of hydrogen-bond donors (Lipinski definition) is 0. The van der Waals surface area contributed by atoms with E-state index in [-0.39, 0.29) is 17.9 Å². The lowest BCUT2D eigenvalue weighted by Crippen LogP contribution is -2.23. The lowest BCUT2D eigenvalue weighted by atomic mass is 10.1. The number of aryl methyl sites for hydroxylation is 1. The second-order valence-electron chi connectivity index (χ2n) is 4.55. The molecule has 0 aliphatic heterocycles. The summed E-state index contributed by atoms with van der Waals surface area (Å²) in [5.41, 5.74) is 1.90. The van der Waals surface area contributed by atoms with Crippen molar-refractivity contribution in [3.05, 3.63) is 57.5 Å². The van der Waals surface area contributed by atoms with Gasteiger partial charge in [-0.25, -0.2) is 4.68 Å². The van der Waals surface area contributed by atoms with Crippen molar-refractivity contribution in [2.24, 2.45) is 0 Å². The Hall–Kier alpha value is -2.43. The maximum absolute atomic E-state index is 11.8. The molecule has 5 heteroatoms. The van der Waals surface area contributed by atoms with E-state index in [0.717, 1.165) is 11.3 Å². The highest BCUT2D eigenvalue weighted by Crippen LogP contribution is 2.20. The van der Waals surface area contributed by atoms with Crippen molar-refractivity contribution in [1.29, 1.82) is 0 Å². The Bertz CT molecular complexity index is 705. The van der Waals surface area contributed by atoms with Crippen LogP contribution in [-0.4, -0.2) is 22.7 Å². The molecule has 0 spiro atoms. The number of methoxy groups -OCH3 is 1. The van der Waals surface area contributed by atoms with Crippen LogP contribution in [0.5, 0.6) is 5.75 Å². The topological polar surface area (TPSA) is 61.2 Å². The molecule has 0 amide bonds. The third-order valence-corrected chi connectivity index (χ3v) is 3.01. The van der Waals surface area contributed by atoms with Crippen LogP contribution in [0.15, 0.2) is 35.1 Å². The van der Waals surface area contributed by atoms with Crippen molar-refractivity contribution in [2.45, 2.75) is 20.4 Å². The Morgan fingerprint density at radius 2 is 2.05 bits per heavy atom. The van der Waals surface area contributed by atoms with Crippen LogP contribution >= 0.6 is 0 Å². The predicted octanol–water partition coefficient (Wildman–Crippen LogP) is 1.81. The fourth-order valence-corrected chi connectivity index (χ4v) is 1.95. The van der Waals surface area contributed by atoms with Crippen LogP contribution in [0.4, 0.5) is 0 Å². The molecule has 0 atom stereocenters. The van der Waals surface area contributed by atoms with E-state index in [1.54, 1.807) is 31.4 Å². The van der Waals surface area contributed by atoms with Crippen LogP contribution in [0, 0.1) is 6.92 Å². The molecule has 2 rings (SSSR count). The standard InChI is InChI=1S/C15H16N2O3/c1-10-4-7-15(19)17(16-10)9-13-8-12(11(2)18)5-6-14(13)20-3/h4-8H,9H2,1-3H3. The quantitative estimate of drug-likeness (QED) is 0.796. The Morgan fingerprint density at radius 3 is 2.70 bits per heavy atom. The van der Waals surface area contributed by atoms with Crippen molar-refractivity contribution < 1.29 is 9.53 Å². The number of ether oxygens (including phenoxy) is 1. The summed E-state index contributed by atoms with van der Waals surface area (Å²) in [4.78, 5) is 23.2. The molecule has 0 saturated heterocycles. The summed E-state index contributed by atoms with van der Waals surface area (Å²) < 4.78 is 6.63. The second-order valence-corrected chi connectivity index (χ2v) is 4.55. The third kappa shape index (κ3) is 2.93. The molecule has 0 aliphatic carbocycles. The Kier molecular flexibility index (Phi) is 3.98. The molecule has 5 nitrogen and oxygen atoms in total. The first kappa shape index (κ1) is 14.0. The van der Waals surface area contributed by atoms with Gasteiger partial charge in [0.05, 0.1) is 19.3 Å². The van der Waals surface area contributed by atoms with Gasteiger partial charge in [-0.2, -0.15) is 5.10 Å². The fourth-order valence-electron chi connectivity index (χ4n) is 1.95. The van der Waals surface area contributed by atoms with Crippen molar-refractivity contribution in [1.82, 2.24) is 9.78 Å². The van der Waals surface area contributed by atoms with Gasteiger partial charge >= 0.3 is 0 Å². The number of benzene rings is 1. The Morgan fingerprint density at radius 1 is 1.30 bits per heavy atom. The third-order valence-electron chi connectivity index (χ3n) is 3.01. The van der Waals surface area contributed by atoms with Gasteiger partial charge in [0.2, 0.25) is 0 Å². The van der Waals surface area contributed by atoms with E-state index in [0.29, 0.717) is 11.3 Å². The lowest BCUT2D eigenvalue weighted by Gasteiger charge is -2.11. The summed E-state index contributed by atoms with van der Waals surface area (Å²) in [5, 5.41) is 4.18. The van der Waals surface area contributed by atoms with Crippen LogP contribution in [0.25, 0.3) is 0 Å². The summed E-state index contributed by atoms with van der Waals surface area (Å²) in [6.45, 7) is 3.59. The highest BCUT2D eigenvalue weighted by atomic mass is 16.5. The van der Waals surface area contributed by atoms with Gasteiger partial charge in [0.25, 0.3) is 5.56 Å². The first-order chi connectivity index (χ1) is 9.51. The molecule has 1 aromatic carbocycles. The smallest absolute Gasteiger partial charge is 0.267 e. The predicted molar refractivity (Wildman–Crippen MR) is 75.3 cm³/mol. The highest BCUT2D eigenvalue weighted by molar-refractivity contribution is 5.94. The number of rotatable bonds is 4. The van der Waals surface area contributed by atoms with E-state index in [9.17, 15) is 9.59 Å². The van der Waals surface area contributed by atoms with Gasteiger partial charge in [-0.05, 0) is 38.1 Å². The molecule has 0 saturated carbocycles. The molecule has 1 aromatic heterocycles. The van der Waals surface area contributed by atoms with Gasteiger partial charge < -0.3 is 4.74 Å². The monoisotopic (exact) mass is 272 g/mol. The minimum absolute atomic E-state index is 0.0292. The van der Waals surface area contributed by atoms with Gasteiger partial charge in [-0.1, -0.05) is 0 Å². The highest BCUT2D eigenvalue weighted by Gasteiger charge is 2.09. The molecule has 20 heavy (non-hydrogen) atoms. The van der Waals surface area contributed by atoms with Crippen LogP contribution in [-0.2, 0) is 6.54 Å². The van der Waals surface area contributed by atoms with E-state index in [4.69, 9.17) is 4.74 Å². The van der Waals surface area contributed by atoms with E-state index < -0.39 is 0 Å². The van der Waals surface area contributed by atoms with Crippen molar-refractivity contribution >= 4 is 5.78 Å². The van der Waals surface area contributed by atoms with E-state index in [2.05, 4.69) is 5.10 Å². The van der Waals surface area contributed by atoms with Gasteiger partial charge in [0.15, 0.2) is 5.78 Å². The lowest BCUT2D eigenvalue weighted by molar-refractivity contribution is 0.101. The van der Waals surface area contributed by atoms with Crippen molar-refractivity contribution in [3.8, 4) is 5.75 Å². The number of aromatic nitrogens is 2. The Labute approximate surface area is 116 Å². The molecule has 104 valence electrons. The first-order valence-electron chi connectivity index (χ1n) is 6.24. The molecule has 2 aromatic rings. The van der Waals surface area contributed by atoms with E-state index in [1.165, 1.54) is 17.7 Å². The van der Waals surface area contributed by atoms with E-state index >= 15 is 0 Å². The number of carbonyl (C=O) groups excluding carboxylic acids is 1.